The SMILES string of the molecule is CCCOC(=O)C1=C(C)NC2=C(C(=O)C[C@H](c3ccc(OC)c(OC)c3)C2)[C@H]1c1cccc(C)c1. The molecule has 0 unspecified atom stereocenters. The van der Waals surface area contributed by atoms with E-state index in [0.29, 0.717) is 42.1 Å². The first kappa shape index (κ1) is 24.6. The average Bonchev–Trinajstić information content (AvgIpc) is 2.85. The molecule has 2 aliphatic rings. The Hall–Kier alpha value is -3.54. The number of benzene rings is 2. The first-order valence-corrected chi connectivity index (χ1v) is 12.1. The number of carbonyl (C=O) groups excluding carboxylic acids is 2. The van der Waals surface area contributed by atoms with Gasteiger partial charge in [0.1, 0.15) is 0 Å². The zero-order valence-corrected chi connectivity index (χ0v) is 21.1. The van der Waals surface area contributed by atoms with Crippen LogP contribution in [0.25, 0.3) is 0 Å². The molecular formula is C29H33NO5. The van der Waals surface area contributed by atoms with Gasteiger partial charge in [0.25, 0.3) is 0 Å². The smallest absolute Gasteiger partial charge is 0.336 e. The van der Waals surface area contributed by atoms with Gasteiger partial charge in [-0.05, 0) is 55.9 Å². The van der Waals surface area contributed by atoms with Crippen molar-refractivity contribution in [2.45, 2.75) is 51.9 Å². The van der Waals surface area contributed by atoms with E-state index < -0.39 is 5.92 Å². The zero-order chi connectivity index (χ0) is 25.1. The molecule has 2 aromatic rings. The second-order valence-electron chi connectivity index (χ2n) is 9.18. The highest BCUT2D eigenvalue weighted by Crippen LogP contribution is 2.46. The molecule has 0 bridgehead atoms. The van der Waals surface area contributed by atoms with Crippen molar-refractivity contribution < 1.29 is 23.8 Å². The van der Waals surface area contributed by atoms with Crippen molar-refractivity contribution in [2.75, 3.05) is 20.8 Å². The number of hydrogen-bond donors (Lipinski definition) is 1. The lowest BCUT2D eigenvalue weighted by molar-refractivity contribution is -0.139. The molecule has 6 nitrogen and oxygen atoms in total. The monoisotopic (exact) mass is 475 g/mol. The molecule has 2 atom stereocenters. The van der Waals surface area contributed by atoms with E-state index in [1.807, 2.05) is 57.2 Å². The molecule has 0 fully saturated rings. The average molecular weight is 476 g/mol. The zero-order valence-electron chi connectivity index (χ0n) is 21.1. The van der Waals surface area contributed by atoms with Crippen LogP contribution in [0, 0.1) is 6.92 Å². The molecule has 1 heterocycles. The van der Waals surface area contributed by atoms with Gasteiger partial charge in [0.2, 0.25) is 0 Å². The summed E-state index contributed by atoms with van der Waals surface area (Å²) < 4.78 is 16.4. The molecule has 184 valence electrons. The molecule has 1 N–H and O–H groups in total. The van der Waals surface area contributed by atoms with E-state index in [0.717, 1.165) is 34.5 Å². The standard InChI is InChI=1S/C29H33NO5/c1-6-12-35-29(32)26-18(3)30-22-14-21(19-10-11-24(33-4)25(16-19)34-5)15-23(31)28(22)27(26)20-9-7-8-17(2)13-20/h7-11,13,16,21,27,30H,6,12,14-15H2,1-5H3/t21-,27+/m1/s1. The Labute approximate surface area is 207 Å². The molecule has 0 amide bonds. The van der Waals surface area contributed by atoms with E-state index in [-0.39, 0.29) is 17.7 Å². The van der Waals surface area contributed by atoms with Crippen molar-refractivity contribution in [1.82, 2.24) is 5.32 Å². The fourth-order valence-corrected chi connectivity index (χ4v) is 5.11. The molecule has 0 saturated carbocycles. The molecule has 0 radical (unpaired) electrons. The quantitative estimate of drug-likeness (QED) is 0.546. The summed E-state index contributed by atoms with van der Waals surface area (Å²) in [7, 11) is 3.21. The number of esters is 1. The van der Waals surface area contributed by atoms with E-state index in [9.17, 15) is 9.59 Å². The fourth-order valence-electron chi connectivity index (χ4n) is 5.11. The molecule has 6 heteroatoms. The number of methoxy groups -OCH3 is 2. The van der Waals surface area contributed by atoms with Crippen LogP contribution in [0.5, 0.6) is 11.5 Å². The third-order valence-electron chi connectivity index (χ3n) is 6.74. The van der Waals surface area contributed by atoms with Crippen LogP contribution in [0.4, 0.5) is 0 Å². The summed E-state index contributed by atoms with van der Waals surface area (Å²) >= 11 is 0. The highest BCUT2D eigenvalue weighted by molar-refractivity contribution is 6.04. The van der Waals surface area contributed by atoms with E-state index in [1.165, 1.54) is 0 Å². The number of dihydropyridines is 1. The highest BCUT2D eigenvalue weighted by atomic mass is 16.5. The van der Waals surface area contributed by atoms with Gasteiger partial charge in [-0.2, -0.15) is 0 Å². The number of aryl methyl sites for hydroxylation is 1. The topological polar surface area (TPSA) is 73.9 Å². The lowest BCUT2D eigenvalue weighted by Gasteiger charge is -2.37. The molecule has 0 saturated heterocycles. The maximum atomic E-state index is 13.7. The van der Waals surface area contributed by atoms with E-state index >= 15 is 0 Å². The Bertz CT molecular complexity index is 1210. The molecule has 1 aliphatic heterocycles. The van der Waals surface area contributed by atoms with Crippen LogP contribution >= 0.6 is 0 Å². The number of allylic oxidation sites excluding steroid dienone is 3. The van der Waals surface area contributed by atoms with Gasteiger partial charge in [0.05, 0.1) is 26.4 Å². The van der Waals surface area contributed by atoms with Crippen molar-refractivity contribution in [2.24, 2.45) is 0 Å². The van der Waals surface area contributed by atoms with Crippen LogP contribution in [0.3, 0.4) is 0 Å². The van der Waals surface area contributed by atoms with Crippen molar-refractivity contribution >= 4 is 11.8 Å². The number of ether oxygens (including phenoxy) is 3. The van der Waals surface area contributed by atoms with Crippen LogP contribution in [-0.2, 0) is 14.3 Å². The molecule has 0 aromatic heterocycles. The van der Waals surface area contributed by atoms with Gasteiger partial charge in [0.15, 0.2) is 17.3 Å². The maximum Gasteiger partial charge on any atom is 0.336 e. The van der Waals surface area contributed by atoms with Gasteiger partial charge in [-0.25, -0.2) is 4.79 Å². The predicted molar refractivity (Wildman–Crippen MR) is 135 cm³/mol. The van der Waals surface area contributed by atoms with E-state index in [1.54, 1.807) is 14.2 Å². The molecule has 0 spiro atoms. The van der Waals surface area contributed by atoms with Crippen molar-refractivity contribution in [3.63, 3.8) is 0 Å². The molecule has 4 rings (SSSR count). The Morgan fingerprint density at radius 1 is 1.00 bits per heavy atom. The number of hydrogen-bond acceptors (Lipinski definition) is 6. The molecular weight excluding hydrogens is 442 g/mol. The van der Waals surface area contributed by atoms with Crippen molar-refractivity contribution in [3.05, 3.63) is 81.7 Å². The summed E-state index contributed by atoms with van der Waals surface area (Å²) in [6.07, 6.45) is 1.75. The lowest BCUT2D eigenvalue weighted by Crippen LogP contribution is -2.36. The minimum absolute atomic E-state index is 0.00638. The molecule has 1 aliphatic carbocycles. The van der Waals surface area contributed by atoms with Gasteiger partial charge < -0.3 is 19.5 Å². The number of ketones is 1. The summed E-state index contributed by atoms with van der Waals surface area (Å²) in [4.78, 5) is 26.9. The number of nitrogens with one attached hydrogen (secondary N) is 1. The van der Waals surface area contributed by atoms with Crippen molar-refractivity contribution in [3.8, 4) is 11.5 Å². The fraction of sp³-hybridized carbons (Fsp3) is 0.379. The Kier molecular flexibility index (Phi) is 7.29. The third kappa shape index (κ3) is 4.83. The van der Waals surface area contributed by atoms with Crippen LogP contribution in [-0.4, -0.2) is 32.6 Å². The van der Waals surface area contributed by atoms with Crippen LogP contribution < -0.4 is 14.8 Å². The van der Waals surface area contributed by atoms with Crippen LogP contribution in [0.2, 0.25) is 0 Å². The first-order chi connectivity index (χ1) is 16.9. The van der Waals surface area contributed by atoms with Gasteiger partial charge in [-0.15, -0.1) is 0 Å². The van der Waals surface area contributed by atoms with Gasteiger partial charge >= 0.3 is 5.97 Å². The largest absolute Gasteiger partial charge is 0.493 e. The normalized spacial score (nSPS) is 19.7. The molecule has 2 aromatic carbocycles. The second kappa shape index (κ2) is 10.4. The van der Waals surface area contributed by atoms with E-state index in [2.05, 4.69) is 11.4 Å². The highest BCUT2D eigenvalue weighted by Gasteiger charge is 2.41. The number of Topliss-reactive ketones (excluding diaryl/α,β-unsaturated/α-hetero) is 1. The number of rotatable bonds is 7. The third-order valence-corrected chi connectivity index (χ3v) is 6.74. The maximum absolute atomic E-state index is 13.7. The summed E-state index contributed by atoms with van der Waals surface area (Å²) in [5.41, 5.74) is 5.82. The minimum atomic E-state index is -0.450. The summed E-state index contributed by atoms with van der Waals surface area (Å²) in [5.74, 6) is 0.511. The van der Waals surface area contributed by atoms with Crippen molar-refractivity contribution in [1.29, 1.82) is 0 Å². The van der Waals surface area contributed by atoms with Gasteiger partial charge in [-0.3, -0.25) is 4.79 Å². The Balaban J connectivity index is 1.76. The summed E-state index contributed by atoms with van der Waals surface area (Å²) in [6.45, 7) is 6.21. The summed E-state index contributed by atoms with van der Waals surface area (Å²) in [5, 5.41) is 3.40. The Morgan fingerprint density at radius 2 is 1.77 bits per heavy atom. The molecule has 35 heavy (non-hydrogen) atoms. The predicted octanol–water partition coefficient (Wildman–Crippen LogP) is 5.33. The first-order valence-electron chi connectivity index (χ1n) is 12.1. The van der Waals surface area contributed by atoms with E-state index in [4.69, 9.17) is 14.2 Å². The van der Waals surface area contributed by atoms with Crippen LogP contribution in [0.15, 0.2) is 65.0 Å². The lowest BCUT2D eigenvalue weighted by atomic mass is 9.71. The Morgan fingerprint density at radius 3 is 2.46 bits per heavy atom. The van der Waals surface area contributed by atoms with Crippen LogP contribution in [0.1, 0.15) is 61.6 Å². The second-order valence-corrected chi connectivity index (χ2v) is 9.18. The minimum Gasteiger partial charge on any atom is -0.493 e. The van der Waals surface area contributed by atoms with Gasteiger partial charge in [0, 0.05) is 29.3 Å². The number of carbonyl (C=O) groups is 2. The van der Waals surface area contributed by atoms with Gasteiger partial charge in [-0.1, -0.05) is 42.8 Å². The summed E-state index contributed by atoms with van der Waals surface area (Å²) in [6, 6.07) is 13.8.